The smallest absolute Gasteiger partial charge is 0.318 e. The van der Waals surface area contributed by atoms with E-state index in [-0.39, 0.29) is 12.1 Å². The van der Waals surface area contributed by atoms with E-state index < -0.39 is 29.8 Å². The number of carbonyl (C=O) groups is 2. The molecule has 2 amide bonds. The number of hydrogen-bond donors (Lipinski definition) is 2. The first-order chi connectivity index (χ1) is 11.8. The number of carboxylic acids is 1. The number of imidazole rings is 1. The zero-order valence-corrected chi connectivity index (χ0v) is 14.3. The number of benzene rings is 1. The van der Waals surface area contributed by atoms with Crippen LogP contribution in [0.15, 0.2) is 36.7 Å². The summed E-state index contributed by atoms with van der Waals surface area (Å²) in [6.45, 7) is 1.55. The summed E-state index contributed by atoms with van der Waals surface area (Å²) in [6, 6.07) is 4.83. The molecule has 0 bridgehead atoms. The average Bonchev–Trinajstić information content (AvgIpc) is 2.98. The van der Waals surface area contributed by atoms with Gasteiger partial charge in [-0.05, 0) is 6.07 Å². The Kier molecular flexibility index (Phi) is 5.74. The molecule has 1 heterocycles. The fourth-order valence-electron chi connectivity index (χ4n) is 2.45. The lowest BCUT2D eigenvalue weighted by Gasteiger charge is -2.25. The van der Waals surface area contributed by atoms with E-state index in [0.717, 1.165) is 0 Å². The topological polar surface area (TPSA) is 87.5 Å². The van der Waals surface area contributed by atoms with E-state index in [1.54, 1.807) is 42.2 Å². The van der Waals surface area contributed by atoms with Gasteiger partial charge in [-0.25, -0.2) is 14.2 Å². The SMILES string of the molecule is CC(CN(C)C(=O)NC(c1ccccc1F)c1nccn1C)C(=O)O. The van der Waals surface area contributed by atoms with Crippen LogP contribution in [0.25, 0.3) is 0 Å². The van der Waals surface area contributed by atoms with Crippen molar-refractivity contribution in [2.45, 2.75) is 13.0 Å². The van der Waals surface area contributed by atoms with Crippen LogP contribution in [-0.2, 0) is 11.8 Å². The Morgan fingerprint density at radius 1 is 1.40 bits per heavy atom. The molecule has 0 saturated carbocycles. The summed E-state index contributed by atoms with van der Waals surface area (Å²) < 4.78 is 15.9. The highest BCUT2D eigenvalue weighted by Crippen LogP contribution is 2.23. The van der Waals surface area contributed by atoms with Crippen molar-refractivity contribution in [3.05, 3.63) is 53.9 Å². The number of aryl methyl sites for hydroxylation is 1. The molecule has 0 radical (unpaired) electrons. The van der Waals surface area contributed by atoms with Crippen LogP contribution in [0.5, 0.6) is 0 Å². The van der Waals surface area contributed by atoms with E-state index in [9.17, 15) is 14.0 Å². The van der Waals surface area contributed by atoms with Crippen LogP contribution in [0.1, 0.15) is 24.4 Å². The van der Waals surface area contributed by atoms with Crippen molar-refractivity contribution in [3.8, 4) is 0 Å². The first kappa shape index (κ1) is 18.4. The maximum absolute atomic E-state index is 14.3. The number of carboxylic acid groups (broad SMARTS) is 1. The molecule has 8 heteroatoms. The minimum atomic E-state index is -0.991. The van der Waals surface area contributed by atoms with Gasteiger partial charge in [0.1, 0.15) is 17.7 Å². The van der Waals surface area contributed by atoms with Crippen LogP contribution in [0.4, 0.5) is 9.18 Å². The van der Waals surface area contributed by atoms with Gasteiger partial charge >= 0.3 is 12.0 Å². The number of aliphatic carboxylic acids is 1. The number of halogens is 1. The third-order valence-corrected chi connectivity index (χ3v) is 3.92. The van der Waals surface area contributed by atoms with Crippen LogP contribution in [0, 0.1) is 11.7 Å². The number of carbonyl (C=O) groups excluding carboxylic acids is 1. The fourth-order valence-corrected chi connectivity index (χ4v) is 2.45. The minimum Gasteiger partial charge on any atom is -0.481 e. The monoisotopic (exact) mass is 348 g/mol. The Labute approximate surface area is 145 Å². The van der Waals surface area contributed by atoms with Gasteiger partial charge < -0.3 is 19.9 Å². The lowest BCUT2D eigenvalue weighted by Crippen LogP contribution is -2.43. The molecule has 0 aliphatic carbocycles. The van der Waals surface area contributed by atoms with E-state index in [1.165, 1.54) is 24.9 Å². The van der Waals surface area contributed by atoms with Crippen LogP contribution in [0.3, 0.4) is 0 Å². The molecule has 134 valence electrons. The van der Waals surface area contributed by atoms with Gasteiger partial charge in [-0.3, -0.25) is 4.79 Å². The van der Waals surface area contributed by atoms with E-state index >= 15 is 0 Å². The molecule has 0 aliphatic heterocycles. The number of rotatable bonds is 6. The first-order valence-electron chi connectivity index (χ1n) is 7.77. The zero-order valence-electron chi connectivity index (χ0n) is 14.3. The summed E-state index contributed by atoms with van der Waals surface area (Å²) in [5, 5.41) is 11.7. The summed E-state index contributed by atoms with van der Waals surface area (Å²) in [5.41, 5.74) is 0.282. The maximum atomic E-state index is 14.3. The van der Waals surface area contributed by atoms with E-state index in [1.807, 2.05) is 0 Å². The van der Waals surface area contributed by atoms with Crippen LogP contribution in [-0.4, -0.2) is 45.2 Å². The van der Waals surface area contributed by atoms with Gasteiger partial charge in [0.2, 0.25) is 0 Å². The number of nitrogens with one attached hydrogen (secondary N) is 1. The van der Waals surface area contributed by atoms with Crippen LogP contribution in [0.2, 0.25) is 0 Å². The van der Waals surface area contributed by atoms with E-state index in [4.69, 9.17) is 5.11 Å². The highest BCUT2D eigenvalue weighted by molar-refractivity contribution is 5.76. The van der Waals surface area contributed by atoms with Crippen molar-refractivity contribution >= 4 is 12.0 Å². The molecule has 7 nitrogen and oxygen atoms in total. The Morgan fingerprint density at radius 3 is 2.64 bits per heavy atom. The summed E-state index contributed by atoms with van der Waals surface area (Å²) >= 11 is 0. The molecule has 2 aromatic rings. The fraction of sp³-hybridized carbons (Fsp3) is 0.353. The number of aromatic nitrogens is 2. The summed E-state index contributed by atoms with van der Waals surface area (Å²) in [6.07, 6.45) is 3.26. The van der Waals surface area contributed by atoms with E-state index in [0.29, 0.717) is 5.82 Å². The second-order valence-corrected chi connectivity index (χ2v) is 5.92. The molecule has 2 atom stereocenters. The Bertz CT molecular complexity index is 762. The summed E-state index contributed by atoms with van der Waals surface area (Å²) in [4.78, 5) is 28.9. The second kappa shape index (κ2) is 7.78. The molecule has 0 fully saturated rings. The molecule has 0 aliphatic rings. The van der Waals surface area contributed by atoms with Crippen molar-refractivity contribution in [2.24, 2.45) is 13.0 Å². The van der Waals surface area contributed by atoms with Gasteiger partial charge in [0.15, 0.2) is 0 Å². The second-order valence-electron chi connectivity index (χ2n) is 5.92. The maximum Gasteiger partial charge on any atom is 0.318 e. The molecule has 2 rings (SSSR count). The number of nitrogens with zero attached hydrogens (tertiary/aromatic N) is 3. The Balaban J connectivity index is 2.26. The lowest BCUT2D eigenvalue weighted by atomic mass is 10.1. The normalized spacial score (nSPS) is 13.1. The van der Waals surface area contributed by atoms with Crippen LogP contribution >= 0.6 is 0 Å². The molecular formula is C17H21FN4O3. The summed E-state index contributed by atoms with van der Waals surface area (Å²) in [7, 11) is 3.24. The largest absolute Gasteiger partial charge is 0.481 e. The molecule has 0 spiro atoms. The molecule has 0 saturated heterocycles. The molecular weight excluding hydrogens is 327 g/mol. The lowest BCUT2D eigenvalue weighted by molar-refractivity contribution is -0.141. The Hall–Kier alpha value is -2.90. The molecule has 2 N–H and O–H groups in total. The molecule has 2 unspecified atom stereocenters. The van der Waals surface area contributed by atoms with Crippen molar-refractivity contribution in [1.82, 2.24) is 19.8 Å². The molecule has 25 heavy (non-hydrogen) atoms. The van der Waals surface area contributed by atoms with E-state index in [2.05, 4.69) is 10.3 Å². The average molecular weight is 348 g/mol. The standard InChI is InChI=1S/C17H21FN4O3/c1-11(16(23)24)10-22(3)17(25)20-14(15-19-8-9-21(15)2)12-6-4-5-7-13(12)18/h4-9,11,14H,10H2,1-3H3,(H,20,25)(H,23,24). The van der Waals surface area contributed by atoms with Crippen molar-refractivity contribution in [2.75, 3.05) is 13.6 Å². The molecule has 1 aromatic heterocycles. The van der Waals surface area contributed by atoms with Gasteiger partial charge in [-0.1, -0.05) is 25.1 Å². The van der Waals surface area contributed by atoms with Gasteiger partial charge in [0.25, 0.3) is 0 Å². The van der Waals surface area contributed by atoms with Gasteiger partial charge in [-0.15, -0.1) is 0 Å². The highest BCUT2D eigenvalue weighted by Gasteiger charge is 2.26. The van der Waals surface area contributed by atoms with Crippen molar-refractivity contribution in [1.29, 1.82) is 0 Å². The Morgan fingerprint density at radius 2 is 2.08 bits per heavy atom. The van der Waals surface area contributed by atoms with Crippen molar-refractivity contribution < 1.29 is 19.1 Å². The summed E-state index contributed by atoms with van der Waals surface area (Å²) in [5.74, 6) is -1.69. The number of hydrogen-bond acceptors (Lipinski definition) is 3. The first-order valence-corrected chi connectivity index (χ1v) is 7.77. The third-order valence-electron chi connectivity index (χ3n) is 3.92. The zero-order chi connectivity index (χ0) is 18.6. The van der Waals surface area contributed by atoms with Gasteiger partial charge in [0, 0.05) is 38.6 Å². The predicted octanol–water partition coefficient (Wildman–Crippen LogP) is 2.01. The third kappa shape index (κ3) is 4.34. The van der Waals surface area contributed by atoms with Gasteiger partial charge in [0.05, 0.1) is 5.92 Å². The number of amides is 2. The predicted molar refractivity (Wildman–Crippen MR) is 89.4 cm³/mol. The van der Waals surface area contributed by atoms with Crippen LogP contribution < -0.4 is 5.32 Å². The number of urea groups is 1. The van der Waals surface area contributed by atoms with Crippen molar-refractivity contribution in [3.63, 3.8) is 0 Å². The molecule has 1 aromatic carbocycles. The quantitative estimate of drug-likeness (QED) is 0.836. The van der Waals surface area contributed by atoms with Gasteiger partial charge in [-0.2, -0.15) is 0 Å². The minimum absolute atomic E-state index is 0.0335. The highest BCUT2D eigenvalue weighted by atomic mass is 19.1.